The highest BCUT2D eigenvalue weighted by Crippen LogP contribution is 2.33. The van der Waals surface area contributed by atoms with Gasteiger partial charge in [0.1, 0.15) is 0 Å². The van der Waals surface area contributed by atoms with Crippen molar-refractivity contribution < 1.29 is 24.7 Å². The van der Waals surface area contributed by atoms with E-state index in [-0.39, 0.29) is 34.8 Å². The number of nitro benzene ring substituents is 1. The molecule has 0 unspecified atom stereocenters. The molecule has 0 aliphatic heterocycles. The molecule has 0 spiro atoms. The third-order valence-electron chi connectivity index (χ3n) is 3.39. The normalized spacial score (nSPS) is 11.3. The Hall–Kier alpha value is -2.74. The van der Waals surface area contributed by atoms with Gasteiger partial charge in [-0.25, -0.2) is 0 Å². The average molecular weight is 355 g/mol. The molecule has 24 heavy (non-hydrogen) atoms. The van der Waals surface area contributed by atoms with Gasteiger partial charge in [-0.1, -0.05) is 11.6 Å². The van der Waals surface area contributed by atoms with Crippen molar-refractivity contribution in [2.24, 2.45) is 0 Å². The van der Waals surface area contributed by atoms with Crippen molar-refractivity contribution in [3.63, 3.8) is 0 Å². The lowest BCUT2D eigenvalue weighted by Gasteiger charge is -2.25. The van der Waals surface area contributed by atoms with Crippen LogP contribution in [0, 0.1) is 10.1 Å². The van der Waals surface area contributed by atoms with E-state index in [1.807, 2.05) is 0 Å². The molecule has 0 saturated carbocycles. The second kappa shape index (κ2) is 6.40. The number of ether oxygens (including phenoxy) is 1. The lowest BCUT2D eigenvalue weighted by Crippen LogP contribution is -2.40. The third kappa shape index (κ3) is 3.60. The molecule has 0 bridgehead atoms. The Morgan fingerprint density at radius 1 is 1.29 bits per heavy atom. The van der Waals surface area contributed by atoms with Crippen LogP contribution < -0.4 is 4.74 Å². The fraction of sp³-hybridized carbons (Fsp3) is 0.267. The molecule has 1 heterocycles. The van der Waals surface area contributed by atoms with Gasteiger partial charge >= 0.3 is 5.69 Å². The lowest BCUT2D eigenvalue weighted by molar-refractivity contribution is -0.386. The van der Waals surface area contributed by atoms with Crippen LogP contribution in [0.5, 0.6) is 17.5 Å². The van der Waals surface area contributed by atoms with E-state index < -0.39 is 16.3 Å². The number of nitrogens with zero attached hydrogens (tertiary/aromatic N) is 2. The zero-order valence-electron chi connectivity index (χ0n) is 12.9. The monoisotopic (exact) mass is 354 g/mol. The summed E-state index contributed by atoms with van der Waals surface area (Å²) in [6.45, 7) is 2.51. The lowest BCUT2D eigenvalue weighted by atomic mass is 10.0. The number of halogens is 1. The topological polar surface area (TPSA) is 115 Å². The molecular formula is C15H15ClN2O6. The van der Waals surface area contributed by atoms with Gasteiger partial charge in [-0.2, -0.15) is 0 Å². The van der Waals surface area contributed by atoms with Crippen LogP contribution >= 0.6 is 11.6 Å². The smallest absolute Gasteiger partial charge is 0.312 e. The molecule has 8 nitrogen and oxygen atoms in total. The van der Waals surface area contributed by atoms with Gasteiger partial charge < -0.3 is 14.9 Å². The van der Waals surface area contributed by atoms with Gasteiger partial charge in [0.05, 0.1) is 11.5 Å². The van der Waals surface area contributed by atoms with Crippen LogP contribution in [0.15, 0.2) is 30.3 Å². The number of nitro groups is 1. The summed E-state index contributed by atoms with van der Waals surface area (Å²) < 4.78 is 6.50. The quantitative estimate of drug-likeness (QED) is 0.608. The number of benzene rings is 1. The SMILES string of the molecule is CC(C)(Oc1ccc(Cl)cc1[N+](=O)[O-])C(=O)Cn1c(O)ccc1O. The Kier molecular flexibility index (Phi) is 4.70. The number of Topliss-reactive ketones (excluding diaryl/α,β-unsaturated/α-hetero) is 1. The number of ketones is 1. The van der Waals surface area contributed by atoms with Crippen LogP contribution in [-0.2, 0) is 11.3 Å². The van der Waals surface area contributed by atoms with Crippen molar-refractivity contribution in [3.05, 3.63) is 45.5 Å². The number of rotatable bonds is 6. The van der Waals surface area contributed by atoms with Gasteiger partial charge in [-0.15, -0.1) is 0 Å². The van der Waals surface area contributed by atoms with E-state index in [4.69, 9.17) is 16.3 Å². The third-order valence-corrected chi connectivity index (χ3v) is 3.63. The van der Waals surface area contributed by atoms with E-state index in [1.165, 1.54) is 38.1 Å². The molecular weight excluding hydrogens is 340 g/mol. The summed E-state index contributed by atoms with van der Waals surface area (Å²) in [4.78, 5) is 22.9. The van der Waals surface area contributed by atoms with E-state index in [2.05, 4.69) is 0 Å². The highest BCUT2D eigenvalue weighted by atomic mass is 35.5. The Bertz CT molecular complexity index is 780. The summed E-state index contributed by atoms with van der Waals surface area (Å²) in [7, 11) is 0. The summed E-state index contributed by atoms with van der Waals surface area (Å²) in [6.07, 6.45) is 0. The van der Waals surface area contributed by atoms with Gasteiger partial charge in [-0.3, -0.25) is 19.5 Å². The molecule has 0 atom stereocenters. The summed E-state index contributed by atoms with van der Waals surface area (Å²) in [5.74, 6) is -1.18. The second-order valence-corrected chi connectivity index (χ2v) is 5.98. The van der Waals surface area contributed by atoms with E-state index in [0.717, 1.165) is 10.6 Å². The van der Waals surface area contributed by atoms with Gasteiger partial charge in [-0.05, 0) is 26.0 Å². The molecule has 0 aliphatic rings. The molecule has 9 heteroatoms. The van der Waals surface area contributed by atoms with Crippen molar-refractivity contribution in [1.29, 1.82) is 0 Å². The van der Waals surface area contributed by atoms with Crippen molar-refractivity contribution in [2.45, 2.75) is 26.0 Å². The maximum absolute atomic E-state index is 12.4. The first-order valence-electron chi connectivity index (χ1n) is 6.85. The minimum Gasteiger partial charge on any atom is -0.494 e. The highest BCUT2D eigenvalue weighted by molar-refractivity contribution is 6.30. The Morgan fingerprint density at radius 2 is 1.88 bits per heavy atom. The summed E-state index contributed by atoms with van der Waals surface area (Å²) in [5, 5.41) is 30.4. The number of aromatic nitrogens is 1. The first-order chi connectivity index (χ1) is 11.1. The molecule has 0 aliphatic carbocycles. The maximum atomic E-state index is 12.4. The Balaban J connectivity index is 2.25. The second-order valence-electron chi connectivity index (χ2n) is 5.54. The molecule has 2 N–H and O–H groups in total. The van der Waals surface area contributed by atoms with E-state index in [9.17, 15) is 25.1 Å². The largest absolute Gasteiger partial charge is 0.494 e. The number of hydrogen-bond donors (Lipinski definition) is 2. The van der Waals surface area contributed by atoms with Crippen LogP contribution in [0.3, 0.4) is 0 Å². The highest BCUT2D eigenvalue weighted by Gasteiger charge is 2.33. The Morgan fingerprint density at radius 3 is 2.42 bits per heavy atom. The molecule has 2 rings (SSSR count). The van der Waals surface area contributed by atoms with Crippen LogP contribution in [0.2, 0.25) is 5.02 Å². The molecule has 2 aromatic rings. The van der Waals surface area contributed by atoms with E-state index in [0.29, 0.717) is 0 Å². The van der Waals surface area contributed by atoms with Gasteiger partial charge in [0.15, 0.2) is 28.9 Å². The molecule has 1 aromatic carbocycles. The number of carbonyl (C=O) groups is 1. The van der Waals surface area contributed by atoms with Crippen molar-refractivity contribution >= 4 is 23.1 Å². The predicted molar refractivity (Wildman–Crippen MR) is 85.6 cm³/mol. The summed E-state index contributed by atoms with van der Waals surface area (Å²) in [5.41, 5.74) is -1.81. The Labute approximate surface area is 142 Å². The fourth-order valence-corrected chi connectivity index (χ4v) is 2.16. The zero-order chi connectivity index (χ0) is 18.1. The summed E-state index contributed by atoms with van der Waals surface area (Å²) in [6, 6.07) is 6.32. The van der Waals surface area contributed by atoms with Gasteiger partial charge in [0.25, 0.3) is 0 Å². The average Bonchev–Trinajstić information content (AvgIpc) is 2.80. The van der Waals surface area contributed by atoms with Crippen LogP contribution in [0.25, 0.3) is 0 Å². The molecule has 128 valence electrons. The van der Waals surface area contributed by atoms with Crippen molar-refractivity contribution in [2.75, 3.05) is 0 Å². The molecule has 0 saturated heterocycles. The van der Waals surface area contributed by atoms with Gasteiger partial charge in [0.2, 0.25) is 0 Å². The standard InChI is InChI=1S/C15H15ClN2O6/c1-15(2,12(19)8-17-13(20)5-6-14(17)21)24-11-4-3-9(16)7-10(11)18(22)23/h3-7,20-21H,8H2,1-2H3. The molecule has 0 fully saturated rings. The minimum atomic E-state index is -1.44. The van der Waals surface area contributed by atoms with Crippen molar-refractivity contribution in [1.82, 2.24) is 4.57 Å². The number of aromatic hydroxyl groups is 2. The molecule has 1 aromatic heterocycles. The van der Waals surface area contributed by atoms with E-state index in [1.54, 1.807) is 0 Å². The molecule has 0 amide bonds. The van der Waals surface area contributed by atoms with Crippen LogP contribution in [-0.4, -0.2) is 31.1 Å². The van der Waals surface area contributed by atoms with Crippen molar-refractivity contribution in [3.8, 4) is 17.5 Å². The number of hydrogen-bond acceptors (Lipinski definition) is 6. The van der Waals surface area contributed by atoms with Crippen LogP contribution in [0.4, 0.5) is 5.69 Å². The maximum Gasteiger partial charge on any atom is 0.312 e. The minimum absolute atomic E-state index is 0.108. The first-order valence-corrected chi connectivity index (χ1v) is 7.23. The van der Waals surface area contributed by atoms with E-state index >= 15 is 0 Å². The zero-order valence-corrected chi connectivity index (χ0v) is 13.6. The summed E-state index contributed by atoms with van der Waals surface area (Å²) >= 11 is 5.74. The first kappa shape index (κ1) is 17.6. The van der Waals surface area contributed by atoms with Gasteiger partial charge in [0, 0.05) is 23.2 Å². The number of carbonyl (C=O) groups excluding carboxylic acids is 1. The predicted octanol–water partition coefficient (Wildman–Crippen LogP) is 2.89. The molecule has 0 radical (unpaired) electrons. The van der Waals surface area contributed by atoms with Crippen LogP contribution in [0.1, 0.15) is 13.8 Å². The fourth-order valence-electron chi connectivity index (χ4n) is 1.99.